The van der Waals surface area contributed by atoms with Gasteiger partial charge in [0.05, 0.1) is 12.1 Å². The second-order valence-corrected chi connectivity index (χ2v) is 12.8. The monoisotopic (exact) mass is 627 g/mol. The second kappa shape index (κ2) is 13.7. The smallest absolute Gasteiger partial charge is 0.268 e. The van der Waals surface area contributed by atoms with Crippen LogP contribution in [0.15, 0.2) is 52.1 Å². The Bertz CT molecular complexity index is 1740. The van der Waals surface area contributed by atoms with Crippen molar-refractivity contribution in [3.63, 3.8) is 0 Å². The Morgan fingerprint density at radius 1 is 1.07 bits per heavy atom. The van der Waals surface area contributed by atoms with Crippen molar-refractivity contribution in [1.29, 1.82) is 0 Å². The predicted molar refractivity (Wildman–Crippen MR) is 174 cm³/mol. The van der Waals surface area contributed by atoms with Crippen molar-refractivity contribution in [2.75, 3.05) is 44.7 Å². The number of benzene rings is 1. The van der Waals surface area contributed by atoms with Crippen molar-refractivity contribution in [1.82, 2.24) is 29.3 Å². The molecule has 0 spiro atoms. The standard InChI is InChI=1S/C34H38ClN7O3/c35-41-13-8-23(9-14-41)1-4-27-18-28-20-37-34(39-29-5-2-24(3-6-29)17-25-7-12-36-19-25)40-32(28)42(33(27)43)21-30-31(45-22-38-30)26-10-15-44-16-11-26/h2-3,5-6,18,20,22-23,25-26,36H,7-17,19,21H2,(H,37,39,40). The van der Waals surface area contributed by atoms with Gasteiger partial charge in [0.1, 0.15) is 17.1 Å². The summed E-state index contributed by atoms with van der Waals surface area (Å²) in [7, 11) is 0. The summed E-state index contributed by atoms with van der Waals surface area (Å²) in [6.07, 6.45) is 8.98. The van der Waals surface area contributed by atoms with Gasteiger partial charge in [0, 0.05) is 55.4 Å². The number of ether oxygens (including phenoxy) is 1. The molecular weight excluding hydrogens is 590 g/mol. The van der Waals surface area contributed by atoms with Crippen molar-refractivity contribution in [3.8, 4) is 11.8 Å². The van der Waals surface area contributed by atoms with Crippen LogP contribution in [0.2, 0.25) is 0 Å². The molecule has 45 heavy (non-hydrogen) atoms. The van der Waals surface area contributed by atoms with E-state index < -0.39 is 0 Å². The van der Waals surface area contributed by atoms with Crippen molar-refractivity contribution in [3.05, 3.63) is 75.9 Å². The quantitative estimate of drug-likeness (QED) is 0.220. The van der Waals surface area contributed by atoms with E-state index in [0.29, 0.717) is 36.3 Å². The summed E-state index contributed by atoms with van der Waals surface area (Å²) in [5, 5.41) is 7.50. The first kappa shape index (κ1) is 29.9. The number of nitrogens with one attached hydrogen (secondary N) is 2. The Morgan fingerprint density at radius 3 is 2.67 bits per heavy atom. The van der Waals surface area contributed by atoms with Gasteiger partial charge in [0.25, 0.3) is 5.56 Å². The lowest BCUT2D eigenvalue weighted by Crippen LogP contribution is -2.26. The molecular formula is C34H38ClN7O3. The van der Waals surface area contributed by atoms with Gasteiger partial charge < -0.3 is 19.8 Å². The summed E-state index contributed by atoms with van der Waals surface area (Å²) in [4.78, 5) is 28.0. The number of hydrogen-bond acceptors (Lipinski definition) is 9. The number of anilines is 2. The zero-order chi connectivity index (χ0) is 30.6. The summed E-state index contributed by atoms with van der Waals surface area (Å²) in [6.45, 7) is 5.34. The molecule has 0 aliphatic carbocycles. The van der Waals surface area contributed by atoms with Crippen LogP contribution >= 0.6 is 11.8 Å². The molecule has 3 aromatic heterocycles. The number of oxazole rings is 1. The van der Waals surface area contributed by atoms with E-state index in [0.717, 1.165) is 80.8 Å². The van der Waals surface area contributed by atoms with Crippen LogP contribution in [-0.2, 0) is 17.7 Å². The molecule has 234 valence electrons. The zero-order valence-corrected chi connectivity index (χ0v) is 26.1. The fraction of sp³-hybridized carbons (Fsp3) is 0.471. The molecule has 3 saturated heterocycles. The topological polar surface area (TPSA) is 110 Å². The molecule has 0 bridgehead atoms. The molecule has 0 amide bonds. The molecule has 3 aliphatic heterocycles. The molecule has 3 fully saturated rings. The van der Waals surface area contributed by atoms with Crippen molar-refractivity contribution < 1.29 is 9.15 Å². The lowest BCUT2D eigenvalue weighted by molar-refractivity contribution is 0.0804. The van der Waals surface area contributed by atoms with Crippen molar-refractivity contribution in [2.24, 2.45) is 11.8 Å². The Morgan fingerprint density at radius 2 is 1.89 bits per heavy atom. The fourth-order valence-corrected chi connectivity index (χ4v) is 6.74. The average Bonchev–Trinajstić information content (AvgIpc) is 3.76. The lowest BCUT2D eigenvalue weighted by atomic mass is 9.96. The number of pyridine rings is 1. The van der Waals surface area contributed by atoms with Crippen LogP contribution in [0.4, 0.5) is 11.6 Å². The molecule has 0 radical (unpaired) electrons. The predicted octanol–water partition coefficient (Wildman–Crippen LogP) is 4.83. The van der Waals surface area contributed by atoms with Gasteiger partial charge in [-0.3, -0.25) is 9.36 Å². The van der Waals surface area contributed by atoms with Gasteiger partial charge in [-0.1, -0.05) is 24.0 Å². The molecule has 1 atom stereocenters. The second-order valence-electron chi connectivity index (χ2n) is 12.3. The molecule has 2 N–H and O–H groups in total. The number of rotatable bonds is 7. The Balaban J connectivity index is 1.20. The third-order valence-electron chi connectivity index (χ3n) is 9.15. The van der Waals surface area contributed by atoms with Gasteiger partial charge in [-0.05, 0) is 93.1 Å². The van der Waals surface area contributed by atoms with Crippen LogP contribution in [0.25, 0.3) is 11.0 Å². The van der Waals surface area contributed by atoms with E-state index in [1.807, 2.05) is 0 Å². The van der Waals surface area contributed by atoms with E-state index in [2.05, 4.69) is 56.7 Å². The number of aromatic nitrogens is 4. The number of piperidine rings is 1. The highest BCUT2D eigenvalue weighted by Gasteiger charge is 2.24. The zero-order valence-electron chi connectivity index (χ0n) is 25.3. The van der Waals surface area contributed by atoms with Crippen molar-refractivity contribution in [2.45, 2.75) is 51.0 Å². The minimum Gasteiger partial charge on any atom is -0.448 e. The van der Waals surface area contributed by atoms with Crippen LogP contribution in [0, 0.1) is 23.7 Å². The molecule has 4 aromatic rings. The van der Waals surface area contributed by atoms with E-state index in [9.17, 15) is 4.79 Å². The highest BCUT2D eigenvalue weighted by Crippen LogP contribution is 2.30. The maximum atomic E-state index is 14.0. The van der Waals surface area contributed by atoms with Gasteiger partial charge in [-0.15, -0.1) is 0 Å². The molecule has 11 heteroatoms. The van der Waals surface area contributed by atoms with Gasteiger partial charge >= 0.3 is 0 Å². The van der Waals surface area contributed by atoms with Gasteiger partial charge in [-0.2, -0.15) is 4.98 Å². The van der Waals surface area contributed by atoms with E-state index >= 15 is 0 Å². The minimum absolute atomic E-state index is 0.197. The molecule has 1 aromatic carbocycles. The lowest BCUT2D eigenvalue weighted by Gasteiger charge is -2.23. The third kappa shape index (κ3) is 7.07. The summed E-state index contributed by atoms with van der Waals surface area (Å²) in [6, 6.07) is 10.2. The first-order chi connectivity index (χ1) is 22.1. The van der Waals surface area contributed by atoms with E-state index in [1.54, 1.807) is 21.2 Å². The summed E-state index contributed by atoms with van der Waals surface area (Å²) in [5.41, 5.74) is 3.67. The van der Waals surface area contributed by atoms with Gasteiger partial charge in [-0.25, -0.2) is 14.4 Å². The summed E-state index contributed by atoms with van der Waals surface area (Å²) >= 11 is 6.14. The molecule has 3 aliphatic rings. The van der Waals surface area contributed by atoms with Crippen LogP contribution < -0.4 is 16.2 Å². The number of fused-ring (bicyclic) bond motifs is 1. The molecule has 10 nitrogen and oxygen atoms in total. The Hall–Kier alpha value is -3.75. The summed E-state index contributed by atoms with van der Waals surface area (Å²) in [5.74, 6) is 8.84. The first-order valence-corrected chi connectivity index (χ1v) is 16.3. The number of hydrogen-bond donors (Lipinski definition) is 2. The van der Waals surface area contributed by atoms with E-state index in [4.69, 9.17) is 25.9 Å². The van der Waals surface area contributed by atoms with Crippen LogP contribution in [-0.4, -0.2) is 63.3 Å². The van der Waals surface area contributed by atoms with Crippen LogP contribution in [0.3, 0.4) is 0 Å². The van der Waals surface area contributed by atoms with Crippen LogP contribution in [0.1, 0.15) is 60.6 Å². The number of halogens is 1. The van der Waals surface area contributed by atoms with Crippen molar-refractivity contribution >= 4 is 34.4 Å². The van der Waals surface area contributed by atoms with E-state index in [-0.39, 0.29) is 23.9 Å². The maximum absolute atomic E-state index is 14.0. The first-order valence-electron chi connectivity index (χ1n) is 16.0. The maximum Gasteiger partial charge on any atom is 0.268 e. The van der Waals surface area contributed by atoms with Gasteiger partial charge in [0.15, 0.2) is 6.39 Å². The summed E-state index contributed by atoms with van der Waals surface area (Å²) < 4.78 is 14.9. The normalized spacial score (nSPS) is 19.9. The molecule has 1 unspecified atom stereocenters. The molecule has 7 rings (SSSR count). The average molecular weight is 628 g/mol. The van der Waals surface area contributed by atoms with Crippen LogP contribution in [0.5, 0.6) is 0 Å². The Labute approximate surface area is 267 Å². The largest absolute Gasteiger partial charge is 0.448 e. The highest BCUT2D eigenvalue weighted by molar-refractivity contribution is 6.13. The highest BCUT2D eigenvalue weighted by atomic mass is 35.5. The third-order valence-corrected chi connectivity index (χ3v) is 9.49. The molecule has 6 heterocycles. The molecule has 0 saturated carbocycles. The SMILES string of the molecule is O=c1c(C#CC2CCN(Cl)CC2)cc2cnc(Nc3ccc(CC4CCNC4)cc3)nc2n1Cc1ncoc1C1CCOCC1. The Kier molecular flexibility index (Phi) is 9.12. The minimum atomic E-state index is -0.207. The number of nitrogens with zero attached hydrogens (tertiary/aromatic N) is 5. The van der Waals surface area contributed by atoms with Gasteiger partial charge in [0.2, 0.25) is 5.95 Å². The van der Waals surface area contributed by atoms with E-state index in [1.165, 1.54) is 18.4 Å². The fourth-order valence-electron chi connectivity index (χ4n) is 6.54.